The first-order chi connectivity index (χ1) is 21.9. The molecule has 0 aliphatic carbocycles. The van der Waals surface area contributed by atoms with E-state index in [9.17, 15) is 44.7 Å². The fourth-order valence-corrected chi connectivity index (χ4v) is 4.02. The fraction of sp³-hybridized carbons (Fsp3) is 0.593. The van der Waals surface area contributed by atoms with Crippen LogP contribution in [0.15, 0.2) is 18.2 Å². The van der Waals surface area contributed by atoms with Gasteiger partial charge >= 0.3 is 24.1 Å². The first kappa shape index (κ1) is 40.0. The Kier molecular flexibility index (Phi) is 18.8. The van der Waals surface area contributed by atoms with Crippen molar-refractivity contribution in [2.75, 3.05) is 46.2 Å². The maximum Gasteiger partial charge on any atom is 0.373 e. The molecule has 46 heavy (non-hydrogen) atoms. The molecule has 1 aliphatic heterocycles. The monoisotopic (exact) mass is 662 g/mol. The van der Waals surface area contributed by atoms with Gasteiger partial charge in [0.2, 0.25) is 6.29 Å². The zero-order chi connectivity index (χ0) is 34.6. The number of hydrogen-bond acceptors (Lipinski definition) is 16. The van der Waals surface area contributed by atoms with Gasteiger partial charge in [0.1, 0.15) is 30.7 Å². The fourth-order valence-electron chi connectivity index (χ4n) is 4.02. The van der Waals surface area contributed by atoms with Crippen LogP contribution in [0.5, 0.6) is 5.75 Å². The third kappa shape index (κ3) is 14.4. The van der Waals surface area contributed by atoms with E-state index in [-0.39, 0.29) is 70.3 Å². The summed E-state index contributed by atoms with van der Waals surface area (Å²) in [5.74, 6) is 0.561. The molecule has 0 aromatic heterocycles. The molecule has 0 saturated carbocycles. The summed E-state index contributed by atoms with van der Waals surface area (Å²) in [7, 11) is 0. The number of carboxylic acid groups (broad SMARTS) is 2. The van der Waals surface area contributed by atoms with E-state index >= 15 is 0 Å². The zero-order valence-electron chi connectivity index (χ0n) is 24.8. The second-order valence-electron chi connectivity index (χ2n) is 9.51. The van der Waals surface area contributed by atoms with Crippen molar-refractivity contribution in [2.24, 2.45) is 5.90 Å². The molecule has 0 radical (unpaired) electrons. The van der Waals surface area contributed by atoms with E-state index in [1.807, 2.05) is 0 Å². The Labute approximate surface area is 262 Å². The normalized spacial score (nSPS) is 18.9. The minimum atomic E-state index is -1.71. The van der Waals surface area contributed by atoms with Gasteiger partial charge in [-0.1, -0.05) is 6.07 Å². The minimum absolute atomic E-state index is 0.0897. The molecule has 1 fully saturated rings. The van der Waals surface area contributed by atoms with Crippen LogP contribution >= 0.6 is 0 Å². The van der Waals surface area contributed by atoms with E-state index in [0.29, 0.717) is 5.56 Å². The summed E-state index contributed by atoms with van der Waals surface area (Å²) in [5.41, 5.74) is 0.112. The summed E-state index contributed by atoms with van der Waals surface area (Å²) in [6, 6.07) is 2.73. The topological polar surface area (TPSA) is 288 Å². The number of nitrogens with two attached hydrogens (primary N) is 1. The van der Waals surface area contributed by atoms with Gasteiger partial charge in [-0.05, 0) is 17.7 Å². The molecule has 1 saturated heterocycles. The van der Waals surface area contributed by atoms with Crippen molar-refractivity contribution in [1.29, 1.82) is 0 Å². The van der Waals surface area contributed by atoms with Gasteiger partial charge in [0.05, 0.1) is 64.1 Å². The number of benzene rings is 1. The highest BCUT2D eigenvalue weighted by molar-refractivity contribution is 5.98. The van der Waals surface area contributed by atoms with Gasteiger partial charge in [-0.3, -0.25) is 19.2 Å². The van der Waals surface area contributed by atoms with Crippen molar-refractivity contribution < 1.29 is 82.8 Å². The van der Waals surface area contributed by atoms with E-state index < -0.39 is 67.3 Å². The number of carboxylic acids is 2. The van der Waals surface area contributed by atoms with Crippen molar-refractivity contribution in [3.63, 3.8) is 0 Å². The predicted octanol–water partition coefficient (Wildman–Crippen LogP) is -2.33. The van der Waals surface area contributed by atoms with Gasteiger partial charge in [0, 0.05) is 13.5 Å². The molecule has 0 unspecified atom stereocenters. The lowest BCUT2D eigenvalue weighted by molar-refractivity contribution is -0.242. The van der Waals surface area contributed by atoms with E-state index in [4.69, 9.17) is 39.2 Å². The maximum atomic E-state index is 14.0. The number of rotatable bonds is 19. The molecule has 19 heteroatoms. The van der Waals surface area contributed by atoms with E-state index in [1.165, 1.54) is 25.1 Å². The van der Waals surface area contributed by atoms with Gasteiger partial charge in [-0.25, -0.2) is 5.90 Å². The van der Waals surface area contributed by atoms with Gasteiger partial charge in [-0.15, -0.1) is 0 Å². The van der Waals surface area contributed by atoms with Crippen LogP contribution in [0.25, 0.3) is 0 Å². The Bertz CT molecular complexity index is 1140. The smallest absolute Gasteiger partial charge is 0.373 e. The summed E-state index contributed by atoms with van der Waals surface area (Å²) in [6.45, 7) is 0.818. The molecule has 0 bridgehead atoms. The number of carbonyl (C=O) groups is 4. The number of aliphatic carboxylic acids is 2. The average Bonchev–Trinajstić information content (AvgIpc) is 2.99. The quantitative estimate of drug-likeness (QED) is 0.0514. The molecule has 19 nitrogen and oxygen atoms in total. The van der Waals surface area contributed by atoms with Crippen LogP contribution in [0.3, 0.4) is 0 Å². The molecule has 1 aliphatic rings. The highest BCUT2D eigenvalue weighted by atomic mass is 16.7. The van der Waals surface area contributed by atoms with Crippen molar-refractivity contribution in [3.05, 3.63) is 29.3 Å². The van der Waals surface area contributed by atoms with Crippen LogP contribution < -0.4 is 10.6 Å². The molecule has 1 heterocycles. The first-order valence-electron chi connectivity index (χ1n) is 13.7. The molecule has 258 valence electrons. The lowest BCUT2D eigenvalue weighted by Crippen LogP contribution is -2.55. The number of carbonyl (C=O) groups excluding carboxylic acids is 4. The van der Waals surface area contributed by atoms with Gasteiger partial charge in [-0.2, -0.15) is 9.59 Å². The third-order valence-electron chi connectivity index (χ3n) is 6.13. The Morgan fingerprint density at radius 2 is 1.57 bits per heavy atom. The van der Waals surface area contributed by atoms with Crippen LogP contribution in [0.4, 0.5) is 0 Å². The Morgan fingerprint density at radius 3 is 2.13 bits per heavy atom. The van der Waals surface area contributed by atoms with Crippen molar-refractivity contribution in [2.45, 2.75) is 57.0 Å². The SMILES string of the molecule is CC(=O)OCc1ccc(O[C@@H]2OC[C@@H](O)[C@H](O)[C@H]2O)c(C(=O)N(CCOCCOCCON)C(CC(=O)O)CC(=O)O)c1.O=C=O. The number of amides is 1. The van der Waals surface area contributed by atoms with Crippen LogP contribution in [-0.2, 0) is 54.4 Å². The Morgan fingerprint density at radius 1 is 0.978 bits per heavy atom. The van der Waals surface area contributed by atoms with Crippen LogP contribution in [0.2, 0.25) is 0 Å². The van der Waals surface area contributed by atoms with Gasteiger partial charge in [0.25, 0.3) is 5.91 Å². The second kappa shape index (κ2) is 21.7. The summed E-state index contributed by atoms with van der Waals surface area (Å²) in [5, 5.41) is 49.1. The number of aliphatic hydroxyl groups excluding tert-OH is 3. The van der Waals surface area contributed by atoms with Gasteiger partial charge in [0.15, 0.2) is 0 Å². The molecular weight excluding hydrogens is 624 g/mol. The van der Waals surface area contributed by atoms with E-state index in [1.54, 1.807) is 0 Å². The average molecular weight is 663 g/mol. The van der Waals surface area contributed by atoms with Crippen LogP contribution in [-0.4, -0.2) is 137 Å². The number of ether oxygens (including phenoxy) is 5. The summed E-state index contributed by atoms with van der Waals surface area (Å²) in [4.78, 5) is 70.2. The Balaban J connectivity index is 0.00000338. The second-order valence-corrected chi connectivity index (χ2v) is 9.51. The van der Waals surface area contributed by atoms with E-state index in [2.05, 4.69) is 4.84 Å². The van der Waals surface area contributed by atoms with Gasteiger partial charge < -0.3 is 59.0 Å². The van der Waals surface area contributed by atoms with Crippen LogP contribution in [0, 0.1) is 0 Å². The number of hydrogen-bond donors (Lipinski definition) is 6. The van der Waals surface area contributed by atoms with E-state index in [0.717, 1.165) is 4.90 Å². The zero-order valence-corrected chi connectivity index (χ0v) is 24.8. The maximum absolute atomic E-state index is 14.0. The number of nitrogens with zero attached hydrogens (tertiary/aromatic N) is 1. The molecule has 2 rings (SSSR count). The van der Waals surface area contributed by atoms with Crippen LogP contribution in [0.1, 0.15) is 35.7 Å². The lowest BCUT2D eigenvalue weighted by Gasteiger charge is -2.35. The summed E-state index contributed by atoms with van der Waals surface area (Å²) >= 11 is 0. The molecule has 1 aromatic carbocycles. The van der Waals surface area contributed by atoms with Crippen molar-refractivity contribution in [1.82, 2.24) is 4.90 Å². The predicted molar refractivity (Wildman–Crippen MR) is 146 cm³/mol. The van der Waals surface area contributed by atoms with Crippen molar-refractivity contribution in [3.8, 4) is 5.75 Å². The molecule has 1 aromatic rings. The number of aliphatic hydroxyl groups is 3. The molecule has 1 amide bonds. The Hall–Kier alpha value is -4.04. The standard InChI is InChI=1S/C26H38N2O15.CO2/c1-15(29)40-13-16-2-3-20(43-26-24(36)23(35)19(30)14-41-26)18(10-16)25(37)28(17(11-21(31)32)12-22(33)34)4-5-38-6-7-39-8-9-42-27;2-1-3/h2-3,10,17,19,23-24,26,30,35-36H,4-9,11-14,27H2,1H3,(H,31,32)(H,33,34);/t19-,23+,24-,26+;/m1./s1. The summed E-state index contributed by atoms with van der Waals surface area (Å²) < 4.78 is 26.7. The highest BCUT2D eigenvalue weighted by Crippen LogP contribution is 2.28. The molecule has 0 spiro atoms. The largest absolute Gasteiger partial charge is 0.481 e. The van der Waals surface area contributed by atoms with Crippen molar-refractivity contribution >= 4 is 30.0 Å². The molecular formula is C27H38N2O17. The highest BCUT2D eigenvalue weighted by Gasteiger charge is 2.40. The molecule has 4 atom stereocenters. The first-order valence-corrected chi connectivity index (χ1v) is 13.7. The molecule has 7 N–H and O–H groups in total. The summed E-state index contributed by atoms with van der Waals surface area (Å²) in [6.07, 6.45) is -7.39. The lowest BCUT2D eigenvalue weighted by atomic mass is 10.0. The number of esters is 1. The minimum Gasteiger partial charge on any atom is -0.481 e. The third-order valence-corrected chi connectivity index (χ3v) is 6.13.